The Morgan fingerprint density at radius 2 is 1.72 bits per heavy atom. The number of amides is 2. The summed E-state index contributed by atoms with van der Waals surface area (Å²) < 4.78 is 19.2. The quantitative estimate of drug-likeness (QED) is 0.671. The maximum atomic E-state index is 13.5. The lowest BCUT2D eigenvalue weighted by Gasteiger charge is -2.37. The fraction of sp³-hybridized carbons (Fsp3) is 0.375. The standard InChI is InChI=1S/C24H25FN4O3/c25-18-8-6-17(7-9-18)21-22(24(31)29(23(21)30)16-19-4-3-15-32-19)28-13-11-27(12-14-28)20-5-1-2-10-26-20/h1-2,5-10,19H,3-4,11-16H2. The fourth-order valence-electron chi connectivity index (χ4n) is 4.59. The molecular weight excluding hydrogens is 411 g/mol. The summed E-state index contributed by atoms with van der Waals surface area (Å²) in [7, 11) is 0. The Morgan fingerprint density at radius 3 is 2.38 bits per heavy atom. The molecule has 4 heterocycles. The summed E-state index contributed by atoms with van der Waals surface area (Å²) in [6, 6.07) is 11.6. The molecule has 0 saturated carbocycles. The van der Waals surface area contributed by atoms with Crippen LogP contribution in [-0.4, -0.2) is 72.0 Å². The zero-order chi connectivity index (χ0) is 22.1. The van der Waals surface area contributed by atoms with E-state index in [1.54, 1.807) is 18.3 Å². The molecule has 3 aliphatic rings. The van der Waals surface area contributed by atoms with E-state index in [-0.39, 0.29) is 30.3 Å². The highest BCUT2D eigenvalue weighted by molar-refractivity contribution is 6.35. The Labute approximate surface area is 186 Å². The molecule has 1 aromatic heterocycles. The van der Waals surface area contributed by atoms with Gasteiger partial charge < -0.3 is 14.5 Å². The van der Waals surface area contributed by atoms with Gasteiger partial charge in [-0.1, -0.05) is 18.2 Å². The van der Waals surface area contributed by atoms with Gasteiger partial charge in [0.15, 0.2) is 0 Å². The van der Waals surface area contributed by atoms with Crippen LogP contribution in [0.2, 0.25) is 0 Å². The predicted molar refractivity (Wildman–Crippen MR) is 117 cm³/mol. The zero-order valence-electron chi connectivity index (χ0n) is 17.7. The van der Waals surface area contributed by atoms with Crippen LogP contribution < -0.4 is 4.90 Å². The molecule has 0 radical (unpaired) electrons. The molecule has 2 saturated heterocycles. The molecule has 166 valence electrons. The molecule has 8 heteroatoms. The first kappa shape index (κ1) is 20.6. The van der Waals surface area contributed by atoms with Gasteiger partial charge in [0.25, 0.3) is 11.8 Å². The van der Waals surface area contributed by atoms with Crippen molar-refractivity contribution in [3.8, 4) is 0 Å². The van der Waals surface area contributed by atoms with Crippen LogP contribution in [0.15, 0.2) is 54.4 Å². The van der Waals surface area contributed by atoms with Gasteiger partial charge in [-0.3, -0.25) is 14.5 Å². The molecule has 5 rings (SSSR count). The second-order valence-corrected chi connectivity index (χ2v) is 8.25. The van der Waals surface area contributed by atoms with E-state index in [2.05, 4.69) is 9.88 Å². The minimum atomic E-state index is -0.382. The monoisotopic (exact) mass is 436 g/mol. The summed E-state index contributed by atoms with van der Waals surface area (Å²) in [4.78, 5) is 36.7. The van der Waals surface area contributed by atoms with Crippen molar-refractivity contribution in [1.82, 2.24) is 14.8 Å². The van der Waals surface area contributed by atoms with Crippen molar-refractivity contribution < 1.29 is 18.7 Å². The molecular formula is C24H25FN4O3. The van der Waals surface area contributed by atoms with Crippen molar-refractivity contribution in [2.45, 2.75) is 18.9 Å². The molecule has 3 aliphatic heterocycles. The number of hydrogen-bond donors (Lipinski definition) is 0. The van der Waals surface area contributed by atoms with E-state index >= 15 is 0 Å². The number of rotatable bonds is 5. The van der Waals surface area contributed by atoms with Crippen LogP contribution in [0.25, 0.3) is 5.57 Å². The molecule has 0 aliphatic carbocycles. The number of nitrogens with zero attached hydrogens (tertiary/aromatic N) is 4. The number of carbonyl (C=O) groups is 2. The van der Waals surface area contributed by atoms with Gasteiger partial charge in [0.1, 0.15) is 17.3 Å². The van der Waals surface area contributed by atoms with E-state index in [1.807, 2.05) is 23.1 Å². The van der Waals surface area contributed by atoms with E-state index in [4.69, 9.17) is 4.74 Å². The second kappa shape index (κ2) is 8.70. The largest absolute Gasteiger partial charge is 0.376 e. The number of imide groups is 1. The van der Waals surface area contributed by atoms with Gasteiger partial charge in [-0.25, -0.2) is 9.37 Å². The second-order valence-electron chi connectivity index (χ2n) is 8.25. The molecule has 1 aromatic carbocycles. The van der Waals surface area contributed by atoms with Gasteiger partial charge in [-0.2, -0.15) is 0 Å². The van der Waals surface area contributed by atoms with Crippen LogP contribution in [0, 0.1) is 5.82 Å². The highest BCUT2D eigenvalue weighted by Crippen LogP contribution is 2.33. The number of carbonyl (C=O) groups excluding carboxylic acids is 2. The molecule has 32 heavy (non-hydrogen) atoms. The lowest BCUT2D eigenvalue weighted by molar-refractivity contribution is -0.139. The highest BCUT2D eigenvalue weighted by atomic mass is 19.1. The SMILES string of the molecule is O=C1C(c2ccc(F)cc2)=C(N2CCN(c3ccccn3)CC2)C(=O)N1CC1CCCO1. The zero-order valence-corrected chi connectivity index (χ0v) is 17.7. The van der Waals surface area contributed by atoms with Crippen molar-refractivity contribution in [2.75, 3.05) is 44.2 Å². The summed E-state index contributed by atoms with van der Waals surface area (Å²) in [5.74, 6) is -0.114. The molecule has 2 amide bonds. The Bertz CT molecular complexity index is 1030. The van der Waals surface area contributed by atoms with Crippen molar-refractivity contribution in [1.29, 1.82) is 0 Å². The Balaban J connectivity index is 1.43. The topological polar surface area (TPSA) is 66.0 Å². The number of pyridine rings is 1. The lowest BCUT2D eigenvalue weighted by atomic mass is 10.0. The third-order valence-electron chi connectivity index (χ3n) is 6.26. The number of aromatic nitrogens is 1. The van der Waals surface area contributed by atoms with Crippen molar-refractivity contribution in [2.24, 2.45) is 0 Å². The Hall–Kier alpha value is -3.26. The number of piperazine rings is 1. The van der Waals surface area contributed by atoms with Crippen LogP contribution >= 0.6 is 0 Å². The first-order chi connectivity index (χ1) is 15.6. The molecule has 7 nitrogen and oxygen atoms in total. The van der Waals surface area contributed by atoms with E-state index < -0.39 is 0 Å². The molecule has 1 unspecified atom stereocenters. The highest BCUT2D eigenvalue weighted by Gasteiger charge is 2.43. The smallest absolute Gasteiger partial charge is 0.277 e. The number of anilines is 1. The number of halogens is 1. The first-order valence-corrected chi connectivity index (χ1v) is 11.0. The van der Waals surface area contributed by atoms with Gasteiger partial charge in [-0.05, 0) is 42.7 Å². The van der Waals surface area contributed by atoms with E-state index in [9.17, 15) is 14.0 Å². The minimum Gasteiger partial charge on any atom is -0.376 e. The van der Waals surface area contributed by atoms with Crippen molar-refractivity contribution >= 4 is 23.2 Å². The van der Waals surface area contributed by atoms with Crippen LogP contribution in [-0.2, 0) is 14.3 Å². The van der Waals surface area contributed by atoms with E-state index in [0.717, 1.165) is 18.7 Å². The number of benzene rings is 1. The average molecular weight is 436 g/mol. The van der Waals surface area contributed by atoms with Crippen LogP contribution in [0.3, 0.4) is 0 Å². The molecule has 0 N–H and O–H groups in total. The van der Waals surface area contributed by atoms with Gasteiger partial charge >= 0.3 is 0 Å². The number of hydrogen-bond acceptors (Lipinski definition) is 6. The Kier molecular flexibility index (Phi) is 5.61. The van der Waals surface area contributed by atoms with Gasteiger partial charge in [0.2, 0.25) is 0 Å². The van der Waals surface area contributed by atoms with Gasteiger partial charge in [0, 0.05) is 39.0 Å². The maximum absolute atomic E-state index is 13.5. The summed E-state index contributed by atoms with van der Waals surface area (Å²) in [6.07, 6.45) is 3.40. The summed E-state index contributed by atoms with van der Waals surface area (Å²) in [6.45, 7) is 3.45. The lowest BCUT2D eigenvalue weighted by Crippen LogP contribution is -2.48. The van der Waals surface area contributed by atoms with Crippen LogP contribution in [0.4, 0.5) is 10.2 Å². The van der Waals surface area contributed by atoms with Crippen molar-refractivity contribution in [3.63, 3.8) is 0 Å². The van der Waals surface area contributed by atoms with Crippen molar-refractivity contribution in [3.05, 3.63) is 65.7 Å². The first-order valence-electron chi connectivity index (χ1n) is 11.0. The summed E-state index contributed by atoms with van der Waals surface area (Å²) >= 11 is 0. The maximum Gasteiger partial charge on any atom is 0.277 e. The minimum absolute atomic E-state index is 0.127. The van der Waals surface area contributed by atoms with E-state index in [0.29, 0.717) is 49.6 Å². The normalized spacial score (nSPS) is 21.8. The number of ether oxygens (including phenoxy) is 1. The molecule has 2 aromatic rings. The van der Waals surface area contributed by atoms with E-state index in [1.165, 1.54) is 17.0 Å². The molecule has 0 spiro atoms. The summed E-state index contributed by atoms with van der Waals surface area (Å²) in [5, 5.41) is 0. The van der Waals surface area contributed by atoms with Gasteiger partial charge in [-0.15, -0.1) is 0 Å². The van der Waals surface area contributed by atoms with Gasteiger partial charge in [0.05, 0.1) is 18.2 Å². The third-order valence-corrected chi connectivity index (χ3v) is 6.26. The average Bonchev–Trinajstić information content (AvgIpc) is 3.43. The molecule has 0 bridgehead atoms. The molecule has 1 atom stereocenters. The summed E-state index contributed by atoms with van der Waals surface area (Å²) in [5.41, 5.74) is 1.31. The molecule has 2 fully saturated rings. The fourth-order valence-corrected chi connectivity index (χ4v) is 4.59. The van der Waals surface area contributed by atoms with Crippen LogP contribution in [0.5, 0.6) is 0 Å². The van der Waals surface area contributed by atoms with Crippen LogP contribution in [0.1, 0.15) is 18.4 Å². The predicted octanol–water partition coefficient (Wildman–Crippen LogP) is 2.30. The Morgan fingerprint density at radius 1 is 0.969 bits per heavy atom. The third kappa shape index (κ3) is 3.86.